The van der Waals surface area contributed by atoms with Gasteiger partial charge in [0.25, 0.3) is 0 Å². The lowest BCUT2D eigenvalue weighted by Gasteiger charge is -2.12. The smallest absolute Gasteiger partial charge is 0.234 e. The van der Waals surface area contributed by atoms with E-state index in [1.807, 2.05) is 18.2 Å². The fraction of sp³-hybridized carbons (Fsp3) is 0.476. The summed E-state index contributed by atoms with van der Waals surface area (Å²) in [6.07, 6.45) is 6.72. The third-order valence-corrected chi connectivity index (χ3v) is 5.94. The normalized spacial score (nSPS) is 14.6. The van der Waals surface area contributed by atoms with Gasteiger partial charge in [0.1, 0.15) is 5.82 Å². The molecule has 0 spiro atoms. The van der Waals surface area contributed by atoms with E-state index >= 15 is 0 Å². The van der Waals surface area contributed by atoms with Crippen molar-refractivity contribution in [2.45, 2.75) is 63.1 Å². The van der Waals surface area contributed by atoms with Crippen molar-refractivity contribution in [1.29, 1.82) is 0 Å². The van der Waals surface area contributed by atoms with Crippen LogP contribution < -0.4 is 5.32 Å². The minimum atomic E-state index is -0.0344. The topological polar surface area (TPSA) is 59.8 Å². The van der Waals surface area contributed by atoms with Gasteiger partial charge >= 0.3 is 0 Å². The lowest BCUT2D eigenvalue weighted by molar-refractivity contribution is -0.113. The first-order valence-electron chi connectivity index (χ1n) is 9.65. The predicted octanol–water partition coefficient (Wildman–Crippen LogP) is 4.98. The van der Waals surface area contributed by atoms with Gasteiger partial charge in [-0.05, 0) is 36.5 Å². The average molecular weight is 385 g/mol. The highest BCUT2D eigenvalue weighted by molar-refractivity contribution is 7.99. The summed E-state index contributed by atoms with van der Waals surface area (Å²) in [6, 6.07) is 8.02. The highest BCUT2D eigenvalue weighted by Crippen LogP contribution is 2.34. The van der Waals surface area contributed by atoms with Gasteiger partial charge in [-0.3, -0.25) is 4.79 Å². The average Bonchev–Trinajstić information content (AvgIpc) is 3.30. The van der Waals surface area contributed by atoms with E-state index in [9.17, 15) is 4.79 Å². The van der Waals surface area contributed by atoms with Crippen LogP contribution in [0.1, 0.15) is 62.8 Å². The Hall–Kier alpha value is -2.08. The van der Waals surface area contributed by atoms with Crippen LogP contribution in [0.4, 0.5) is 5.69 Å². The van der Waals surface area contributed by atoms with E-state index in [4.69, 9.17) is 0 Å². The maximum atomic E-state index is 12.3. The highest BCUT2D eigenvalue weighted by Gasteiger charge is 2.24. The summed E-state index contributed by atoms with van der Waals surface area (Å²) in [5, 5.41) is 12.5. The van der Waals surface area contributed by atoms with Crippen LogP contribution in [0.5, 0.6) is 0 Å². The number of carbonyl (C=O) groups is 1. The molecule has 5 nitrogen and oxygen atoms in total. The van der Waals surface area contributed by atoms with E-state index in [0.717, 1.165) is 16.7 Å². The molecule has 1 aliphatic carbocycles. The van der Waals surface area contributed by atoms with Crippen molar-refractivity contribution in [3.8, 4) is 0 Å². The molecule has 144 valence electrons. The minimum absolute atomic E-state index is 0.0344. The Bertz CT molecular complexity index is 776. The van der Waals surface area contributed by atoms with Gasteiger partial charge in [0, 0.05) is 18.2 Å². The van der Waals surface area contributed by atoms with Crippen LogP contribution in [0.3, 0.4) is 0 Å². The molecular formula is C21H28N4OS. The number of aromatic nitrogens is 3. The number of nitrogens with one attached hydrogen (secondary N) is 1. The largest absolute Gasteiger partial charge is 0.325 e. The lowest BCUT2D eigenvalue weighted by Crippen LogP contribution is -2.15. The van der Waals surface area contributed by atoms with Gasteiger partial charge in [-0.25, -0.2) is 0 Å². The maximum Gasteiger partial charge on any atom is 0.234 e. The zero-order valence-corrected chi connectivity index (χ0v) is 17.0. The fourth-order valence-electron chi connectivity index (χ4n) is 3.47. The number of nitrogens with zero attached hydrogens (tertiary/aromatic N) is 3. The van der Waals surface area contributed by atoms with E-state index in [2.05, 4.69) is 52.6 Å². The summed E-state index contributed by atoms with van der Waals surface area (Å²) in [7, 11) is 0. The van der Waals surface area contributed by atoms with Gasteiger partial charge in [0.2, 0.25) is 5.91 Å². The second-order valence-corrected chi connectivity index (χ2v) is 8.28. The number of carbonyl (C=O) groups excluding carboxylic acids is 1. The molecule has 1 fully saturated rings. The molecule has 0 radical (unpaired) electrons. The lowest BCUT2D eigenvalue weighted by atomic mass is 10.0. The van der Waals surface area contributed by atoms with Gasteiger partial charge in [0.05, 0.1) is 5.75 Å². The van der Waals surface area contributed by atoms with Crippen LogP contribution in [-0.2, 0) is 11.3 Å². The molecule has 0 saturated heterocycles. The molecule has 1 aliphatic rings. The molecule has 1 aromatic carbocycles. The van der Waals surface area contributed by atoms with Gasteiger partial charge in [0.15, 0.2) is 5.16 Å². The van der Waals surface area contributed by atoms with E-state index in [0.29, 0.717) is 24.1 Å². The third-order valence-electron chi connectivity index (χ3n) is 4.97. The van der Waals surface area contributed by atoms with Crippen molar-refractivity contribution >= 4 is 23.4 Å². The van der Waals surface area contributed by atoms with Crippen molar-refractivity contribution in [3.63, 3.8) is 0 Å². The molecule has 1 heterocycles. The van der Waals surface area contributed by atoms with Gasteiger partial charge in [-0.1, -0.05) is 56.7 Å². The summed E-state index contributed by atoms with van der Waals surface area (Å²) < 4.78 is 2.11. The second kappa shape index (κ2) is 9.22. The van der Waals surface area contributed by atoms with Gasteiger partial charge in [-0.15, -0.1) is 16.8 Å². The molecule has 6 heteroatoms. The van der Waals surface area contributed by atoms with E-state index < -0.39 is 0 Å². The molecule has 0 bridgehead atoms. The van der Waals surface area contributed by atoms with Crippen LogP contribution in [0.25, 0.3) is 0 Å². The number of allylic oxidation sites excluding steroid dienone is 1. The Labute approximate surface area is 165 Å². The van der Waals surface area contributed by atoms with Crippen LogP contribution in [0, 0.1) is 0 Å². The van der Waals surface area contributed by atoms with Crippen LogP contribution in [-0.4, -0.2) is 26.4 Å². The highest BCUT2D eigenvalue weighted by atomic mass is 32.2. The van der Waals surface area contributed by atoms with Crippen LogP contribution in [0.2, 0.25) is 0 Å². The Morgan fingerprint density at radius 1 is 1.30 bits per heavy atom. The minimum Gasteiger partial charge on any atom is -0.325 e. The van der Waals surface area contributed by atoms with E-state index in [1.165, 1.54) is 43.0 Å². The Kier molecular flexibility index (Phi) is 6.72. The molecule has 27 heavy (non-hydrogen) atoms. The predicted molar refractivity (Wildman–Crippen MR) is 111 cm³/mol. The molecule has 0 unspecified atom stereocenters. The van der Waals surface area contributed by atoms with Crippen LogP contribution >= 0.6 is 11.8 Å². The summed E-state index contributed by atoms with van der Waals surface area (Å²) in [4.78, 5) is 12.3. The first kappa shape index (κ1) is 19.7. The van der Waals surface area contributed by atoms with Crippen molar-refractivity contribution in [2.75, 3.05) is 11.1 Å². The summed E-state index contributed by atoms with van der Waals surface area (Å²) >= 11 is 1.43. The molecule has 0 atom stereocenters. The quantitative estimate of drug-likeness (QED) is 0.515. The van der Waals surface area contributed by atoms with Gasteiger partial charge in [-0.2, -0.15) is 0 Å². The summed E-state index contributed by atoms with van der Waals surface area (Å²) in [5.74, 6) is 2.29. The number of anilines is 1. The number of rotatable bonds is 8. The number of hydrogen-bond acceptors (Lipinski definition) is 4. The number of amides is 1. The Morgan fingerprint density at radius 3 is 2.63 bits per heavy atom. The molecule has 1 aromatic heterocycles. The number of hydrogen-bond donors (Lipinski definition) is 1. The zero-order valence-electron chi connectivity index (χ0n) is 16.1. The monoisotopic (exact) mass is 384 g/mol. The van der Waals surface area contributed by atoms with Crippen molar-refractivity contribution in [2.24, 2.45) is 0 Å². The zero-order chi connectivity index (χ0) is 19.2. The van der Waals surface area contributed by atoms with Crippen LogP contribution in [0.15, 0.2) is 42.1 Å². The third kappa shape index (κ3) is 5.01. The molecule has 0 aliphatic heterocycles. The SMILES string of the molecule is C=CCn1c(SCC(=O)Nc2ccc(C(C)C)cc2)nnc1C1CCCC1. The maximum absolute atomic E-state index is 12.3. The first-order chi connectivity index (χ1) is 13.1. The Morgan fingerprint density at radius 2 is 2.00 bits per heavy atom. The number of benzene rings is 1. The van der Waals surface area contributed by atoms with Gasteiger partial charge < -0.3 is 9.88 Å². The molecule has 1 amide bonds. The summed E-state index contributed by atoms with van der Waals surface area (Å²) in [5.41, 5.74) is 2.09. The molecular weight excluding hydrogens is 356 g/mol. The van der Waals surface area contributed by atoms with Crippen molar-refractivity contribution in [3.05, 3.63) is 48.3 Å². The van der Waals surface area contributed by atoms with Crippen molar-refractivity contribution < 1.29 is 4.79 Å². The first-order valence-corrected chi connectivity index (χ1v) is 10.6. The molecule has 1 N–H and O–H groups in total. The molecule has 3 rings (SSSR count). The Balaban J connectivity index is 1.60. The molecule has 1 saturated carbocycles. The standard InChI is InChI=1S/C21H28N4OS/c1-4-13-25-20(17-7-5-6-8-17)23-24-21(25)27-14-19(26)22-18-11-9-16(10-12-18)15(2)3/h4,9-12,15,17H,1,5-8,13-14H2,2-3H3,(H,22,26). The summed E-state index contributed by atoms with van der Waals surface area (Å²) in [6.45, 7) is 8.84. The van der Waals surface area contributed by atoms with E-state index in [-0.39, 0.29) is 5.91 Å². The van der Waals surface area contributed by atoms with E-state index in [1.54, 1.807) is 0 Å². The van der Waals surface area contributed by atoms with Crippen molar-refractivity contribution in [1.82, 2.24) is 14.8 Å². The second-order valence-electron chi connectivity index (χ2n) is 7.33. The fourth-order valence-corrected chi connectivity index (χ4v) is 4.23. The molecule has 2 aromatic rings. The number of thioether (sulfide) groups is 1.